The van der Waals surface area contributed by atoms with Crippen molar-refractivity contribution in [3.05, 3.63) is 41.8 Å². The average Bonchev–Trinajstić information content (AvgIpc) is 3.12. The summed E-state index contributed by atoms with van der Waals surface area (Å²) in [5.41, 5.74) is 3.11. The van der Waals surface area contributed by atoms with Gasteiger partial charge in [0.25, 0.3) is 0 Å². The molecular weight excluding hydrogens is 332 g/mol. The molecule has 1 aliphatic heterocycles. The van der Waals surface area contributed by atoms with Gasteiger partial charge in [-0.1, -0.05) is 24.6 Å². The van der Waals surface area contributed by atoms with Gasteiger partial charge >= 0.3 is 0 Å². The SMILES string of the molecule is CCC1CN(C(=NC)NCc2coc(-c3ccc(C)cc3)n2)CCS1. The minimum absolute atomic E-state index is 0.614. The highest BCUT2D eigenvalue weighted by Crippen LogP contribution is 2.21. The van der Waals surface area contributed by atoms with Crippen LogP contribution in [0.5, 0.6) is 0 Å². The fourth-order valence-electron chi connectivity index (χ4n) is 2.88. The summed E-state index contributed by atoms with van der Waals surface area (Å²) in [6, 6.07) is 8.21. The van der Waals surface area contributed by atoms with E-state index in [0.29, 0.717) is 17.7 Å². The molecule has 0 aliphatic carbocycles. The number of oxazole rings is 1. The van der Waals surface area contributed by atoms with Crippen LogP contribution < -0.4 is 5.32 Å². The Labute approximate surface area is 153 Å². The lowest BCUT2D eigenvalue weighted by molar-refractivity contribution is 0.407. The third-order valence-corrected chi connectivity index (χ3v) is 5.76. The first-order chi connectivity index (χ1) is 12.2. The summed E-state index contributed by atoms with van der Waals surface area (Å²) in [4.78, 5) is 11.4. The lowest BCUT2D eigenvalue weighted by atomic mass is 10.1. The van der Waals surface area contributed by atoms with Crippen LogP contribution in [0.3, 0.4) is 0 Å². The summed E-state index contributed by atoms with van der Waals surface area (Å²) in [6.45, 7) is 7.02. The lowest BCUT2D eigenvalue weighted by Gasteiger charge is -2.34. The van der Waals surface area contributed by atoms with E-state index in [1.807, 2.05) is 19.2 Å². The lowest BCUT2D eigenvalue weighted by Crippen LogP contribution is -2.47. The Kier molecular flexibility index (Phi) is 6.02. The van der Waals surface area contributed by atoms with Crippen LogP contribution in [0.4, 0.5) is 0 Å². The second-order valence-corrected chi connectivity index (χ2v) is 7.67. The van der Waals surface area contributed by atoms with Crippen molar-refractivity contribution in [1.29, 1.82) is 0 Å². The number of thioether (sulfide) groups is 1. The molecule has 134 valence electrons. The molecule has 5 nitrogen and oxygen atoms in total. The predicted octanol–water partition coefficient (Wildman–Crippen LogP) is 3.55. The van der Waals surface area contributed by atoms with E-state index in [1.54, 1.807) is 6.26 Å². The number of aliphatic imine (C=N–C) groups is 1. The van der Waals surface area contributed by atoms with E-state index in [0.717, 1.165) is 36.1 Å². The molecule has 0 spiro atoms. The highest BCUT2D eigenvalue weighted by Gasteiger charge is 2.21. The Hall–Kier alpha value is -1.95. The van der Waals surface area contributed by atoms with Crippen molar-refractivity contribution in [3.8, 4) is 11.5 Å². The van der Waals surface area contributed by atoms with E-state index < -0.39 is 0 Å². The molecule has 0 bridgehead atoms. The van der Waals surface area contributed by atoms with Gasteiger partial charge in [0, 0.05) is 36.7 Å². The number of rotatable bonds is 4. The third-order valence-electron chi connectivity index (χ3n) is 4.38. The van der Waals surface area contributed by atoms with Gasteiger partial charge in [-0.05, 0) is 25.5 Å². The molecule has 0 saturated carbocycles. The molecule has 25 heavy (non-hydrogen) atoms. The second kappa shape index (κ2) is 8.43. The van der Waals surface area contributed by atoms with Crippen LogP contribution in [-0.2, 0) is 6.54 Å². The fourth-order valence-corrected chi connectivity index (χ4v) is 4.06. The van der Waals surface area contributed by atoms with Crippen molar-refractivity contribution in [2.45, 2.75) is 32.1 Å². The fraction of sp³-hybridized carbons (Fsp3) is 0.474. The number of benzene rings is 1. The number of hydrogen-bond acceptors (Lipinski definition) is 4. The average molecular weight is 359 g/mol. The number of aromatic nitrogens is 1. The van der Waals surface area contributed by atoms with Crippen LogP contribution in [0.15, 0.2) is 39.9 Å². The van der Waals surface area contributed by atoms with E-state index in [1.165, 1.54) is 12.0 Å². The van der Waals surface area contributed by atoms with Gasteiger partial charge in [-0.25, -0.2) is 4.98 Å². The molecule has 3 rings (SSSR count). The van der Waals surface area contributed by atoms with Gasteiger partial charge in [0.2, 0.25) is 5.89 Å². The molecule has 1 unspecified atom stereocenters. The van der Waals surface area contributed by atoms with E-state index >= 15 is 0 Å². The molecule has 1 aromatic carbocycles. The smallest absolute Gasteiger partial charge is 0.226 e. The van der Waals surface area contributed by atoms with Crippen LogP contribution in [0.2, 0.25) is 0 Å². The largest absolute Gasteiger partial charge is 0.444 e. The predicted molar refractivity (Wildman–Crippen MR) is 105 cm³/mol. The Balaban J connectivity index is 1.60. The quantitative estimate of drug-likeness (QED) is 0.669. The highest BCUT2D eigenvalue weighted by molar-refractivity contribution is 8.00. The van der Waals surface area contributed by atoms with Crippen molar-refractivity contribution in [3.63, 3.8) is 0 Å². The number of hydrogen-bond donors (Lipinski definition) is 1. The molecule has 2 heterocycles. The topological polar surface area (TPSA) is 53.7 Å². The second-order valence-electron chi connectivity index (χ2n) is 6.26. The molecule has 1 atom stereocenters. The molecule has 0 amide bonds. The monoisotopic (exact) mass is 358 g/mol. The minimum Gasteiger partial charge on any atom is -0.444 e. The Morgan fingerprint density at radius 1 is 1.40 bits per heavy atom. The van der Waals surface area contributed by atoms with Crippen LogP contribution in [0.25, 0.3) is 11.5 Å². The first-order valence-corrected chi connectivity index (χ1v) is 9.83. The van der Waals surface area contributed by atoms with Gasteiger partial charge in [-0.3, -0.25) is 4.99 Å². The maximum atomic E-state index is 5.63. The highest BCUT2D eigenvalue weighted by atomic mass is 32.2. The molecule has 1 aliphatic rings. The number of nitrogens with one attached hydrogen (secondary N) is 1. The Morgan fingerprint density at radius 2 is 2.20 bits per heavy atom. The molecule has 1 N–H and O–H groups in total. The normalized spacial score (nSPS) is 18.4. The third kappa shape index (κ3) is 4.57. The van der Waals surface area contributed by atoms with Gasteiger partial charge in [0.15, 0.2) is 5.96 Å². The summed E-state index contributed by atoms with van der Waals surface area (Å²) in [5, 5.41) is 4.11. The number of aryl methyl sites for hydroxylation is 1. The van der Waals surface area contributed by atoms with E-state index in [2.05, 4.69) is 57.9 Å². The zero-order valence-electron chi connectivity index (χ0n) is 15.2. The maximum absolute atomic E-state index is 5.63. The van der Waals surface area contributed by atoms with Gasteiger partial charge in [0.05, 0.1) is 12.2 Å². The standard InChI is InChI=1S/C19H26N4OS/c1-4-17-12-23(9-10-25-17)19(20-3)21-11-16-13-24-18(22-16)15-7-5-14(2)6-8-15/h5-8,13,17H,4,9-12H2,1-3H3,(H,20,21). The van der Waals surface area contributed by atoms with Crippen LogP contribution in [-0.4, -0.2) is 47.0 Å². The Bertz CT molecular complexity index is 710. The van der Waals surface area contributed by atoms with E-state index in [4.69, 9.17) is 4.42 Å². The molecule has 1 aromatic heterocycles. The molecular formula is C19H26N4OS. The summed E-state index contributed by atoms with van der Waals surface area (Å²) in [7, 11) is 1.84. The molecule has 0 radical (unpaired) electrons. The molecule has 1 fully saturated rings. The van der Waals surface area contributed by atoms with Crippen molar-refractivity contribution in [2.24, 2.45) is 4.99 Å². The van der Waals surface area contributed by atoms with E-state index in [-0.39, 0.29) is 0 Å². The first kappa shape index (κ1) is 17.9. The van der Waals surface area contributed by atoms with E-state index in [9.17, 15) is 0 Å². The maximum Gasteiger partial charge on any atom is 0.226 e. The van der Waals surface area contributed by atoms with Crippen molar-refractivity contribution < 1.29 is 4.42 Å². The van der Waals surface area contributed by atoms with Gasteiger partial charge in [0.1, 0.15) is 6.26 Å². The summed E-state index contributed by atoms with van der Waals surface area (Å²) in [6.07, 6.45) is 2.91. The molecule has 1 saturated heterocycles. The van der Waals surface area contributed by atoms with Gasteiger partial charge in [-0.15, -0.1) is 0 Å². The molecule has 6 heteroatoms. The Morgan fingerprint density at radius 3 is 2.92 bits per heavy atom. The van der Waals surface area contributed by atoms with Crippen LogP contribution in [0.1, 0.15) is 24.6 Å². The van der Waals surface area contributed by atoms with Crippen LogP contribution >= 0.6 is 11.8 Å². The van der Waals surface area contributed by atoms with Gasteiger partial charge in [-0.2, -0.15) is 11.8 Å². The summed E-state index contributed by atoms with van der Waals surface area (Å²) < 4.78 is 5.63. The van der Waals surface area contributed by atoms with Crippen molar-refractivity contribution in [2.75, 3.05) is 25.9 Å². The first-order valence-electron chi connectivity index (χ1n) is 8.78. The van der Waals surface area contributed by atoms with Crippen molar-refractivity contribution in [1.82, 2.24) is 15.2 Å². The number of guanidine groups is 1. The summed E-state index contributed by atoms with van der Waals surface area (Å²) in [5.74, 6) is 2.76. The summed E-state index contributed by atoms with van der Waals surface area (Å²) >= 11 is 2.06. The van der Waals surface area contributed by atoms with Crippen molar-refractivity contribution >= 4 is 17.7 Å². The van der Waals surface area contributed by atoms with Gasteiger partial charge < -0.3 is 14.6 Å². The number of nitrogens with zero attached hydrogens (tertiary/aromatic N) is 3. The van der Waals surface area contributed by atoms with Crippen LogP contribution in [0, 0.1) is 6.92 Å². The minimum atomic E-state index is 0.614. The zero-order chi connectivity index (χ0) is 17.6. The zero-order valence-corrected chi connectivity index (χ0v) is 16.0. The molecule has 2 aromatic rings.